The largest absolute Gasteiger partial charge is 0.321 e. The van der Waals surface area contributed by atoms with Crippen molar-refractivity contribution in [3.8, 4) is 21.0 Å². The van der Waals surface area contributed by atoms with Gasteiger partial charge in [0.05, 0.1) is 20.1 Å². The van der Waals surface area contributed by atoms with E-state index in [4.69, 9.17) is 4.98 Å². The Balaban J connectivity index is 1.38. The number of benzene rings is 3. The molecule has 0 spiro atoms. The standard InChI is InChI=1S/C25H19N3OS2/c1-15-8-13-20-21(14-15)31-25(28-20)18-9-11-19(12-10-18)27-24(29)22-23(30-16(2)26-22)17-6-4-3-5-7-17/h3-14H,1-2H3,(H,27,29). The van der Waals surface area contributed by atoms with Crippen LogP contribution in [-0.4, -0.2) is 15.9 Å². The molecule has 4 nitrogen and oxygen atoms in total. The van der Waals surface area contributed by atoms with Crippen LogP contribution in [0.5, 0.6) is 0 Å². The van der Waals surface area contributed by atoms with Gasteiger partial charge in [-0.3, -0.25) is 4.79 Å². The van der Waals surface area contributed by atoms with Gasteiger partial charge >= 0.3 is 0 Å². The second kappa shape index (κ2) is 8.06. The average molecular weight is 442 g/mol. The molecule has 0 atom stereocenters. The van der Waals surface area contributed by atoms with E-state index in [0.29, 0.717) is 5.69 Å². The Labute approximate surface area is 188 Å². The van der Waals surface area contributed by atoms with Crippen molar-refractivity contribution in [3.63, 3.8) is 0 Å². The van der Waals surface area contributed by atoms with E-state index < -0.39 is 0 Å². The molecule has 0 aliphatic heterocycles. The smallest absolute Gasteiger partial charge is 0.275 e. The normalized spacial score (nSPS) is 11.0. The molecule has 0 aliphatic rings. The highest BCUT2D eigenvalue weighted by atomic mass is 32.1. The SMILES string of the molecule is Cc1ccc2nc(-c3ccc(NC(=O)c4nc(C)sc4-c4ccccc4)cc3)sc2c1. The van der Waals surface area contributed by atoms with Crippen LogP contribution in [0, 0.1) is 13.8 Å². The van der Waals surface area contributed by atoms with Crippen molar-refractivity contribution in [2.45, 2.75) is 13.8 Å². The molecule has 0 unspecified atom stereocenters. The molecule has 0 bridgehead atoms. The minimum absolute atomic E-state index is 0.202. The number of fused-ring (bicyclic) bond motifs is 1. The molecular formula is C25H19N3OS2. The molecule has 0 fully saturated rings. The van der Waals surface area contributed by atoms with E-state index in [9.17, 15) is 4.79 Å². The Bertz CT molecular complexity index is 1390. The van der Waals surface area contributed by atoms with Gasteiger partial charge in [-0.1, -0.05) is 36.4 Å². The van der Waals surface area contributed by atoms with Crippen molar-refractivity contribution < 1.29 is 4.79 Å². The minimum atomic E-state index is -0.202. The van der Waals surface area contributed by atoms with Crippen LogP contribution in [0.15, 0.2) is 72.8 Å². The van der Waals surface area contributed by atoms with Crippen LogP contribution >= 0.6 is 22.7 Å². The summed E-state index contributed by atoms with van der Waals surface area (Å²) in [5.41, 5.74) is 5.46. The van der Waals surface area contributed by atoms with Crippen molar-refractivity contribution in [3.05, 3.63) is 89.1 Å². The molecule has 0 aliphatic carbocycles. The number of nitrogens with zero attached hydrogens (tertiary/aromatic N) is 2. The van der Waals surface area contributed by atoms with Gasteiger partial charge in [-0.25, -0.2) is 9.97 Å². The Morgan fingerprint density at radius 2 is 1.61 bits per heavy atom. The number of hydrogen-bond donors (Lipinski definition) is 1. The molecule has 152 valence electrons. The van der Waals surface area contributed by atoms with Crippen molar-refractivity contribution in [2.75, 3.05) is 5.32 Å². The molecule has 1 amide bonds. The first-order chi connectivity index (χ1) is 15.1. The average Bonchev–Trinajstić information content (AvgIpc) is 3.38. The maximum atomic E-state index is 12.9. The minimum Gasteiger partial charge on any atom is -0.321 e. The fourth-order valence-electron chi connectivity index (χ4n) is 3.41. The number of aryl methyl sites for hydroxylation is 2. The summed E-state index contributed by atoms with van der Waals surface area (Å²) in [4.78, 5) is 23.0. The maximum Gasteiger partial charge on any atom is 0.275 e. The molecule has 2 heterocycles. The second-order valence-corrected chi connectivity index (χ2v) is 9.53. The van der Waals surface area contributed by atoms with Gasteiger partial charge < -0.3 is 5.32 Å². The Morgan fingerprint density at radius 1 is 0.839 bits per heavy atom. The van der Waals surface area contributed by atoms with Crippen LogP contribution in [-0.2, 0) is 0 Å². The van der Waals surface area contributed by atoms with Crippen molar-refractivity contribution in [2.24, 2.45) is 0 Å². The van der Waals surface area contributed by atoms with E-state index in [1.807, 2.05) is 61.5 Å². The van der Waals surface area contributed by atoms with Crippen molar-refractivity contribution in [1.29, 1.82) is 0 Å². The number of carbonyl (C=O) groups excluding carboxylic acids is 1. The fourth-order valence-corrected chi connectivity index (χ4v) is 5.40. The Hall–Kier alpha value is -3.35. The first-order valence-electron chi connectivity index (χ1n) is 9.89. The first-order valence-corrected chi connectivity index (χ1v) is 11.5. The van der Waals surface area contributed by atoms with Crippen LogP contribution in [0.3, 0.4) is 0 Å². The number of carbonyl (C=O) groups is 1. The summed E-state index contributed by atoms with van der Waals surface area (Å²) >= 11 is 3.21. The summed E-state index contributed by atoms with van der Waals surface area (Å²) in [7, 11) is 0. The van der Waals surface area contributed by atoms with E-state index in [1.54, 1.807) is 11.3 Å². The summed E-state index contributed by atoms with van der Waals surface area (Å²) in [6.07, 6.45) is 0. The van der Waals surface area contributed by atoms with E-state index in [2.05, 4.69) is 35.4 Å². The van der Waals surface area contributed by atoms with Crippen molar-refractivity contribution >= 4 is 44.5 Å². The number of amides is 1. The third kappa shape index (κ3) is 4.00. The number of anilines is 1. The van der Waals surface area contributed by atoms with E-state index in [0.717, 1.165) is 37.2 Å². The van der Waals surface area contributed by atoms with Gasteiger partial charge in [0.25, 0.3) is 5.91 Å². The molecule has 0 radical (unpaired) electrons. The number of aromatic nitrogens is 2. The highest BCUT2D eigenvalue weighted by molar-refractivity contribution is 7.21. The predicted octanol–water partition coefficient (Wildman–Crippen LogP) is 6.96. The molecular weight excluding hydrogens is 422 g/mol. The molecule has 5 rings (SSSR count). The quantitative estimate of drug-likeness (QED) is 0.328. The van der Waals surface area contributed by atoms with Gasteiger partial charge in [-0.2, -0.15) is 0 Å². The van der Waals surface area contributed by atoms with Crippen LogP contribution in [0.1, 0.15) is 21.1 Å². The molecule has 0 saturated carbocycles. The lowest BCUT2D eigenvalue weighted by atomic mass is 10.1. The van der Waals surface area contributed by atoms with E-state index in [1.165, 1.54) is 21.6 Å². The molecule has 3 aromatic carbocycles. The zero-order valence-corrected chi connectivity index (χ0v) is 18.7. The third-order valence-corrected chi connectivity index (χ3v) is 7.01. The zero-order chi connectivity index (χ0) is 21.4. The van der Waals surface area contributed by atoms with Gasteiger partial charge in [-0.15, -0.1) is 22.7 Å². The van der Waals surface area contributed by atoms with Crippen LogP contribution in [0.4, 0.5) is 5.69 Å². The topological polar surface area (TPSA) is 54.9 Å². The van der Waals surface area contributed by atoms with Gasteiger partial charge in [0.2, 0.25) is 0 Å². The predicted molar refractivity (Wildman–Crippen MR) is 130 cm³/mol. The summed E-state index contributed by atoms with van der Waals surface area (Å²) in [6.45, 7) is 4.01. The number of thiazole rings is 2. The third-order valence-electron chi connectivity index (χ3n) is 4.92. The summed E-state index contributed by atoms with van der Waals surface area (Å²) in [6, 6.07) is 24.0. The van der Waals surface area contributed by atoms with Crippen LogP contribution in [0.25, 0.3) is 31.2 Å². The highest BCUT2D eigenvalue weighted by Crippen LogP contribution is 2.32. The number of hydrogen-bond acceptors (Lipinski definition) is 5. The molecule has 0 saturated heterocycles. The monoisotopic (exact) mass is 441 g/mol. The van der Waals surface area contributed by atoms with Gasteiger partial charge in [-0.05, 0) is 61.4 Å². The summed E-state index contributed by atoms with van der Waals surface area (Å²) in [5.74, 6) is -0.202. The van der Waals surface area contributed by atoms with Crippen LogP contribution in [0.2, 0.25) is 0 Å². The fraction of sp³-hybridized carbons (Fsp3) is 0.0800. The zero-order valence-electron chi connectivity index (χ0n) is 17.0. The molecule has 5 aromatic rings. The van der Waals surface area contributed by atoms with E-state index >= 15 is 0 Å². The number of rotatable bonds is 4. The second-order valence-electron chi connectivity index (χ2n) is 7.30. The van der Waals surface area contributed by atoms with Gasteiger partial charge in [0.1, 0.15) is 10.7 Å². The summed E-state index contributed by atoms with van der Waals surface area (Å²) in [5, 5.41) is 4.82. The van der Waals surface area contributed by atoms with Crippen molar-refractivity contribution in [1.82, 2.24) is 9.97 Å². The molecule has 2 aromatic heterocycles. The van der Waals surface area contributed by atoms with E-state index in [-0.39, 0.29) is 5.91 Å². The molecule has 6 heteroatoms. The Morgan fingerprint density at radius 3 is 2.39 bits per heavy atom. The lowest BCUT2D eigenvalue weighted by molar-refractivity contribution is 0.102. The van der Waals surface area contributed by atoms with Gasteiger partial charge in [0.15, 0.2) is 0 Å². The van der Waals surface area contributed by atoms with Gasteiger partial charge in [0, 0.05) is 11.3 Å². The Kier molecular flexibility index (Phi) is 5.10. The lowest BCUT2D eigenvalue weighted by Gasteiger charge is -2.06. The highest BCUT2D eigenvalue weighted by Gasteiger charge is 2.18. The lowest BCUT2D eigenvalue weighted by Crippen LogP contribution is -2.13. The maximum absolute atomic E-state index is 12.9. The number of nitrogens with one attached hydrogen (secondary N) is 1. The van der Waals surface area contributed by atoms with Crippen LogP contribution < -0.4 is 5.32 Å². The first kappa shape index (κ1) is 19.6. The molecule has 31 heavy (non-hydrogen) atoms. The molecule has 1 N–H and O–H groups in total. The summed E-state index contributed by atoms with van der Waals surface area (Å²) < 4.78 is 1.18.